The number of hydrogen-bond donors (Lipinski definition) is 3. The first-order chi connectivity index (χ1) is 9.08. The van der Waals surface area contributed by atoms with Crippen LogP contribution in [0.5, 0.6) is 5.75 Å². The van der Waals surface area contributed by atoms with Gasteiger partial charge in [0, 0.05) is 17.0 Å². The molecule has 0 aliphatic carbocycles. The minimum Gasteiger partial charge on any atom is -0.508 e. The van der Waals surface area contributed by atoms with E-state index >= 15 is 0 Å². The van der Waals surface area contributed by atoms with Gasteiger partial charge in [-0.1, -0.05) is 41.9 Å². The zero-order valence-electron chi connectivity index (χ0n) is 10.3. The van der Waals surface area contributed by atoms with E-state index in [2.05, 4.69) is 0 Å². The summed E-state index contributed by atoms with van der Waals surface area (Å²) in [6.45, 7) is 0. The second-order valence-corrected chi connectivity index (χ2v) is 4.92. The van der Waals surface area contributed by atoms with E-state index < -0.39 is 12.1 Å². The zero-order chi connectivity index (χ0) is 13.8. The number of benzene rings is 2. The lowest BCUT2D eigenvalue weighted by Gasteiger charge is -2.20. The number of aromatic hydroxyl groups is 1. The third-order valence-electron chi connectivity index (χ3n) is 3.05. The Balaban J connectivity index is 2.14. The van der Waals surface area contributed by atoms with Gasteiger partial charge >= 0.3 is 0 Å². The lowest BCUT2D eigenvalue weighted by molar-refractivity contribution is 0.144. The van der Waals surface area contributed by atoms with Gasteiger partial charge in [0.1, 0.15) is 5.75 Å². The molecule has 2 rings (SSSR count). The number of phenolic OH excluding ortho intramolecular Hbond substituents is 1. The third kappa shape index (κ3) is 3.47. The monoisotopic (exact) mass is 277 g/mol. The first-order valence-electron chi connectivity index (χ1n) is 6.04. The van der Waals surface area contributed by atoms with E-state index in [1.807, 2.05) is 30.3 Å². The Bertz CT molecular complexity index is 545. The first-order valence-corrected chi connectivity index (χ1v) is 6.41. The number of phenols is 1. The van der Waals surface area contributed by atoms with E-state index in [1.54, 1.807) is 12.1 Å². The molecule has 2 aromatic carbocycles. The molecule has 4 heteroatoms. The first kappa shape index (κ1) is 13.9. The molecule has 3 nitrogen and oxygen atoms in total. The summed E-state index contributed by atoms with van der Waals surface area (Å²) in [5.74, 6) is 0.0454. The van der Waals surface area contributed by atoms with Crippen LogP contribution < -0.4 is 5.73 Å². The van der Waals surface area contributed by atoms with Gasteiger partial charge in [0.05, 0.1) is 12.1 Å². The summed E-state index contributed by atoms with van der Waals surface area (Å²) in [5.41, 5.74) is 7.43. The molecule has 0 fully saturated rings. The lowest BCUT2D eigenvalue weighted by atomic mass is 9.96. The molecule has 2 aromatic rings. The van der Waals surface area contributed by atoms with Crippen LogP contribution in [0.3, 0.4) is 0 Å². The molecule has 0 heterocycles. The molecule has 0 bridgehead atoms. The molecule has 0 saturated heterocycles. The van der Waals surface area contributed by atoms with Crippen LogP contribution in [-0.4, -0.2) is 16.3 Å². The highest BCUT2D eigenvalue weighted by atomic mass is 35.5. The van der Waals surface area contributed by atoms with Crippen molar-refractivity contribution in [2.45, 2.75) is 18.6 Å². The quantitative estimate of drug-likeness (QED) is 0.805. The highest BCUT2D eigenvalue weighted by molar-refractivity contribution is 6.30. The van der Waals surface area contributed by atoms with E-state index in [0.717, 1.165) is 5.56 Å². The normalized spacial score (nSPS) is 14.1. The van der Waals surface area contributed by atoms with E-state index in [9.17, 15) is 10.2 Å². The van der Waals surface area contributed by atoms with Gasteiger partial charge in [-0.15, -0.1) is 0 Å². The van der Waals surface area contributed by atoms with Crippen LogP contribution in [0.15, 0.2) is 48.5 Å². The van der Waals surface area contributed by atoms with Crippen LogP contribution in [0.2, 0.25) is 5.02 Å². The largest absolute Gasteiger partial charge is 0.508 e. The van der Waals surface area contributed by atoms with Gasteiger partial charge in [-0.3, -0.25) is 0 Å². The summed E-state index contributed by atoms with van der Waals surface area (Å²) in [4.78, 5) is 0. The minimum absolute atomic E-state index is 0.0454. The number of rotatable bonds is 4. The van der Waals surface area contributed by atoms with Crippen LogP contribution in [0.25, 0.3) is 0 Å². The Kier molecular flexibility index (Phi) is 4.43. The molecule has 100 valence electrons. The maximum Gasteiger partial charge on any atom is 0.120 e. The van der Waals surface area contributed by atoms with Crippen molar-refractivity contribution in [1.29, 1.82) is 0 Å². The summed E-state index contributed by atoms with van der Waals surface area (Å²) in [6, 6.07) is 13.5. The van der Waals surface area contributed by atoms with Gasteiger partial charge in [-0.2, -0.15) is 0 Å². The standard InChI is InChI=1S/C15H16ClNO2/c16-11-6-7-13(18)12(9-11)15(17)14(19)8-10-4-2-1-3-5-10/h1-7,9,14-15,18-19H,8,17H2/t14-,15+/m0/s1. The summed E-state index contributed by atoms with van der Waals surface area (Å²) < 4.78 is 0. The van der Waals surface area contributed by atoms with Crippen LogP contribution >= 0.6 is 11.6 Å². The van der Waals surface area contributed by atoms with Crippen molar-refractivity contribution in [1.82, 2.24) is 0 Å². The number of halogens is 1. The van der Waals surface area contributed by atoms with Crippen molar-refractivity contribution in [3.05, 3.63) is 64.7 Å². The predicted octanol–water partition coefficient (Wildman–Crippen LogP) is 2.65. The van der Waals surface area contributed by atoms with Gasteiger partial charge in [0.15, 0.2) is 0 Å². The van der Waals surface area contributed by atoms with E-state index in [4.69, 9.17) is 17.3 Å². The highest BCUT2D eigenvalue weighted by Gasteiger charge is 2.20. The predicted molar refractivity (Wildman–Crippen MR) is 76.2 cm³/mol. The zero-order valence-corrected chi connectivity index (χ0v) is 11.1. The van der Waals surface area contributed by atoms with Gasteiger partial charge in [0.2, 0.25) is 0 Å². The van der Waals surface area contributed by atoms with Crippen molar-refractivity contribution in [3.63, 3.8) is 0 Å². The van der Waals surface area contributed by atoms with Crippen molar-refractivity contribution in [3.8, 4) is 5.75 Å². The molecular weight excluding hydrogens is 262 g/mol. The van der Waals surface area contributed by atoms with E-state index in [0.29, 0.717) is 17.0 Å². The molecule has 0 unspecified atom stereocenters. The summed E-state index contributed by atoms with van der Waals surface area (Å²) >= 11 is 5.88. The Hall–Kier alpha value is -1.55. The van der Waals surface area contributed by atoms with Crippen molar-refractivity contribution >= 4 is 11.6 Å². The van der Waals surface area contributed by atoms with Crippen LogP contribution in [0.4, 0.5) is 0 Å². The van der Waals surface area contributed by atoms with Crippen molar-refractivity contribution in [2.75, 3.05) is 0 Å². The maximum atomic E-state index is 10.2. The third-order valence-corrected chi connectivity index (χ3v) is 3.29. The highest BCUT2D eigenvalue weighted by Crippen LogP contribution is 2.28. The number of nitrogens with two attached hydrogens (primary N) is 1. The second-order valence-electron chi connectivity index (χ2n) is 4.49. The van der Waals surface area contributed by atoms with Gasteiger partial charge in [0.25, 0.3) is 0 Å². The fourth-order valence-corrected chi connectivity index (χ4v) is 2.16. The maximum absolute atomic E-state index is 10.2. The van der Waals surface area contributed by atoms with Gasteiger partial charge < -0.3 is 15.9 Å². The van der Waals surface area contributed by atoms with Crippen molar-refractivity contribution < 1.29 is 10.2 Å². The fraction of sp³-hybridized carbons (Fsp3) is 0.200. The number of aliphatic hydroxyl groups excluding tert-OH is 1. The molecule has 0 aliphatic heterocycles. The van der Waals surface area contributed by atoms with Crippen LogP contribution in [0, 0.1) is 0 Å². The molecule has 0 aromatic heterocycles. The second kappa shape index (κ2) is 6.06. The molecule has 2 atom stereocenters. The molecule has 0 radical (unpaired) electrons. The average molecular weight is 278 g/mol. The topological polar surface area (TPSA) is 66.5 Å². The lowest BCUT2D eigenvalue weighted by Crippen LogP contribution is -2.28. The summed E-state index contributed by atoms with van der Waals surface area (Å²) in [6.07, 6.45) is -0.361. The molecule has 0 spiro atoms. The smallest absolute Gasteiger partial charge is 0.120 e. The Labute approximate surface area is 117 Å². The summed E-state index contributed by atoms with van der Waals surface area (Å²) in [7, 11) is 0. The van der Waals surface area contributed by atoms with E-state index in [1.165, 1.54) is 6.07 Å². The molecule has 0 saturated carbocycles. The Morgan fingerprint density at radius 2 is 1.79 bits per heavy atom. The van der Waals surface area contributed by atoms with E-state index in [-0.39, 0.29) is 5.75 Å². The molecular formula is C15H16ClNO2. The Morgan fingerprint density at radius 3 is 2.47 bits per heavy atom. The van der Waals surface area contributed by atoms with Crippen LogP contribution in [0.1, 0.15) is 17.2 Å². The SMILES string of the molecule is N[C@H](c1cc(Cl)ccc1O)[C@@H](O)Cc1ccccc1. The molecule has 0 amide bonds. The fourth-order valence-electron chi connectivity index (χ4n) is 1.98. The summed E-state index contributed by atoms with van der Waals surface area (Å²) in [5, 5.41) is 20.4. The minimum atomic E-state index is -0.785. The van der Waals surface area contributed by atoms with Gasteiger partial charge in [-0.25, -0.2) is 0 Å². The molecule has 19 heavy (non-hydrogen) atoms. The van der Waals surface area contributed by atoms with Crippen molar-refractivity contribution in [2.24, 2.45) is 5.73 Å². The number of aliphatic hydroxyl groups is 1. The van der Waals surface area contributed by atoms with Crippen LogP contribution in [-0.2, 0) is 6.42 Å². The van der Waals surface area contributed by atoms with Gasteiger partial charge in [-0.05, 0) is 23.8 Å². The molecule has 4 N–H and O–H groups in total. The Morgan fingerprint density at radius 1 is 1.11 bits per heavy atom. The average Bonchev–Trinajstić information content (AvgIpc) is 2.42. The number of hydrogen-bond acceptors (Lipinski definition) is 3. The molecule has 0 aliphatic rings.